The van der Waals surface area contributed by atoms with Crippen molar-refractivity contribution in [2.45, 2.75) is 29.7 Å². The van der Waals surface area contributed by atoms with Gasteiger partial charge in [0.2, 0.25) is 0 Å². The van der Waals surface area contributed by atoms with Crippen molar-refractivity contribution in [3.05, 3.63) is 65.7 Å². The van der Waals surface area contributed by atoms with E-state index in [2.05, 4.69) is 10.6 Å². The summed E-state index contributed by atoms with van der Waals surface area (Å²) in [5.74, 6) is -0.209. The van der Waals surface area contributed by atoms with Gasteiger partial charge in [-0.25, -0.2) is 8.42 Å². The second-order valence-corrected chi connectivity index (χ2v) is 8.86. The number of sulfone groups is 1. The van der Waals surface area contributed by atoms with Gasteiger partial charge in [0.15, 0.2) is 9.84 Å². The predicted molar refractivity (Wildman–Crippen MR) is 105 cm³/mol. The van der Waals surface area contributed by atoms with Crippen LogP contribution in [0.4, 0.5) is 0 Å². The molecule has 0 spiro atoms. The molecular formula is C20H24N2O5S. The van der Waals surface area contributed by atoms with Crippen LogP contribution in [0.5, 0.6) is 0 Å². The molecule has 1 saturated heterocycles. The monoisotopic (exact) mass is 404 g/mol. The minimum Gasteiger partial charge on any atom is -0.389 e. The first kappa shape index (κ1) is 20.5. The van der Waals surface area contributed by atoms with Crippen molar-refractivity contribution in [2.24, 2.45) is 0 Å². The number of aliphatic hydroxyl groups is 1. The van der Waals surface area contributed by atoms with Gasteiger partial charge in [0.1, 0.15) is 6.10 Å². The zero-order valence-corrected chi connectivity index (χ0v) is 16.4. The van der Waals surface area contributed by atoms with Gasteiger partial charge in [0.05, 0.1) is 23.6 Å². The fraction of sp³-hybridized carbons (Fsp3) is 0.350. The summed E-state index contributed by atoms with van der Waals surface area (Å²) in [6.07, 6.45) is -0.0763. The summed E-state index contributed by atoms with van der Waals surface area (Å²) in [5, 5.41) is 16.4. The highest BCUT2D eigenvalue weighted by Gasteiger charge is 2.35. The summed E-state index contributed by atoms with van der Waals surface area (Å²) in [6.45, 7) is 1.02. The highest BCUT2D eigenvalue weighted by atomic mass is 32.2. The Kier molecular flexibility index (Phi) is 6.46. The lowest BCUT2D eigenvalue weighted by atomic mass is 10.1. The molecule has 3 rings (SSSR count). The highest BCUT2D eigenvalue weighted by molar-refractivity contribution is 7.90. The van der Waals surface area contributed by atoms with Gasteiger partial charge >= 0.3 is 0 Å². The third-order valence-electron chi connectivity index (χ3n) is 4.70. The van der Waals surface area contributed by atoms with Crippen molar-refractivity contribution in [1.29, 1.82) is 0 Å². The van der Waals surface area contributed by atoms with Crippen molar-refractivity contribution < 1.29 is 23.1 Å². The van der Waals surface area contributed by atoms with Crippen LogP contribution in [0.15, 0.2) is 59.5 Å². The Balaban J connectivity index is 1.47. The van der Waals surface area contributed by atoms with E-state index in [4.69, 9.17) is 4.74 Å². The summed E-state index contributed by atoms with van der Waals surface area (Å²) >= 11 is 0. The standard InChI is InChI=1S/C20H24N2O5S/c1-28(25,26)16-9-7-14(8-10-16)11-21-17-13-27-18(19(17)23)12-22-20(24)15-5-3-2-4-6-15/h2-10,17-19,21,23H,11-13H2,1H3,(H,22,24)/t17-,18-,19+/m1/s1. The number of hydrogen-bond donors (Lipinski definition) is 3. The quantitative estimate of drug-likeness (QED) is 0.629. The van der Waals surface area contributed by atoms with E-state index in [1.165, 1.54) is 6.26 Å². The van der Waals surface area contributed by atoms with Gasteiger partial charge in [-0.15, -0.1) is 0 Å². The molecular weight excluding hydrogens is 380 g/mol. The number of hydrogen-bond acceptors (Lipinski definition) is 6. The van der Waals surface area contributed by atoms with Crippen molar-refractivity contribution in [3.8, 4) is 0 Å². The van der Waals surface area contributed by atoms with Crippen LogP contribution in [-0.4, -0.2) is 57.1 Å². The normalized spacial score (nSPS) is 22.1. The predicted octanol–water partition coefficient (Wildman–Crippen LogP) is 0.738. The van der Waals surface area contributed by atoms with Crippen molar-refractivity contribution in [1.82, 2.24) is 10.6 Å². The fourth-order valence-corrected chi connectivity index (χ4v) is 3.66. The van der Waals surface area contributed by atoms with Crippen molar-refractivity contribution in [3.63, 3.8) is 0 Å². The van der Waals surface area contributed by atoms with Crippen LogP contribution < -0.4 is 10.6 Å². The minimum atomic E-state index is -3.21. The minimum absolute atomic E-state index is 0.209. The number of carbonyl (C=O) groups excluding carboxylic acids is 1. The van der Waals surface area contributed by atoms with Gasteiger partial charge in [-0.2, -0.15) is 0 Å². The van der Waals surface area contributed by atoms with E-state index in [0.29, 0.717) is 18.7 Å². The molecule has 7 nitrogen and oxygen atoms in total. The van der Waals surface area contributed by atoms with Gasteiger partial charge in [-0.05, 0) is 29.8 Å². The number of ether oxygens (including phenoxy) is 1. The molecule has 1 heterocycles. The van der Waals surface area contributed by atoms with Gasteiger partial charge in [0, 0.05) is 24.9 Å². The second-order valence-electron chi connectivity index (χ2n) is 6.84. The van der Waals surface area contributed by atoms with E-state index in [1.54, 1.807) is 48.5 Å². The molecule has 3 atom stereocenters. The molecule has 2 aromatic rings. The summed E-state index contributed by atoms with van der Waals surface area (Å²) in [4.78, 5) is 12.4. The number of aliphatic hydroxyl groups excluding tert-OH is 1. The molecule has 1 amide bonds. The molecule has 0 unspecified atom stereocenters. The molecule has 1 aliphatic heterocycles. The largest absolute Gasteiger partial charge is 0.389 e. The summed E-state index contributed by atoms with van der Waals surface area (Å²) in [5.41, 5.74) is 1.46. The first-order valence-electron chi connectivity index (χ1n) is 9.00. The van der Waals surface area contributed by atoms with Gasteiger partial charge in [-0.3, -0.25) is 4.79 Å². The van der Waals surface area contributed by atoms with Crippen LogP contribution in [0.1, 0.15) is 15.9 Å². The van der Waals surface area contributed by atoms with E-state index < -0.39 is 22.0 Å². The lowest BCUT2D eigenvalue weighted by Crippen LogP contribution is -2.44. The van der Waals surface area contributed by atoms with E-state index in [1.807, 2.05) is 6.07 Å². The van der Waals surface area contributed by atoms with Crippen LogP contribution in [-0.2, 0) is 21.1 Å². The second kappa shape index (κ2) is 8.83. The third kappa shape index (κ3) is 5.17. The van der Waals surface area contributed by atoms with Crippen molar-refractivity contribution >= 4 is 15.7 Å². The maximum Gasteiger partial charge on any atom is 0.251 e. The number of carbonyl (C=O) groups is 1. The fourth-order valence-electron chi connectivity index (χ4n) is 3.03. The smallest absolute Gasteiger partial charge is 0.251 e. The van der Waals surface area contributed by atoms with E-state index in [0.717, 1.165) is 5.56 Å². The third-order valence-corrected chi connectivity index (χ3v) is 5.83. The summed E-state index contributed by atoms with van der Waals surface area (Å²) < 4.78 is 28.6. The number of nitrogens with one attached hydrogen (secondary N) is 2. The lowest BCUT2D eigenvalue weighted by molar-refractivity contribution is 0.0398. The molecule has 0 saturated carbocycles. The average molecular weight is 404 g/mol. The molecule has 0 bridgehead atoms. The molecule has 0 aromatic heterocycles. The SMILES string of the molecule is CS(=O)(=O)c1ccc(CN[C@@H]2CO[C@H](CNC(=O)c3ccccc3)[C@H]2O)cc1. The number of amides is 1. The molecule has 8 heteroatoms. The zero-order chi connectivity index (χ0) is 20.1. The van der Waals surface area contributed by atoms with Crippen LogP contribution in [0, 0.1) is 0 Å². The molecule has 2 aromatic carbocycles. The topological polar surface area (TPSA) is 105 Å². The van der Waals surface area contributed by atoms with E-state index >= 15 is 0 Å². The maximum absolute atomic E-state index is 12.1. The first-order chi connectivity index (χ1) is 13.3. The molecule has 1 fully saturated rings. The van der Waals surface area contributed by atoms with Crippen molar-refractivity contribution in [2.75, 3.05) is 19.4 Å². The number of rotatable bonds is 7. The van der Waals surface area contributed by atoms with Crippen LogP contribution >= 0.6 is 0 Å². The Labute approximate surface area is 164 Å². The van der Waals surface area contributed by atoms with Crippen LogP contribution in [0.3, 0.4) is 0 Å². The Morgan fingerprint density at radius 1 is 1.14 bits per heavy atom. The van der Waals surface area contributed by atoms with Crippen LogP contribution in [0.2, 0.25) is 0 Å². The molecule has 28 heavy (non-hydrogen) atoms. The Morgan fingerprint density at radius 3 is 2.46 bits per heavy atom. The van der Waals surface area contributed by atoms with Gasteiger partial charge < -0.3 is 20.5 Å². The Morgan fingerprint density at radius 2 is 1.82 bits per heavy atom. The van der Waals surface area contributed by atoms with Crippen LogP contribution in [0.25, 0.3) is 0 Å². The highest BCUT2D eigenvalue weighted by Crippen LogP contribution is 2.16. The molecule has 0 radical (unpaired) electrons. The average Bonchev–Trinajstić information content (AvgIpc) is 3.04. The number of benzene rings is 2. The lowest BCUT2D eigenvalue weighted by Gasteiger charge is -2.19. The zero-order valence-electron chi connectivity index (χ0n) is 15.5. The summed E-state index contributed by atoms with van der Waals surface area (Å²) in [6, 6.07) is 15.2. The molecule has 0 aliphatic carbocycles. The maximum atomic E-state index is 12.1. The van der Waals surface area contributed by atoms with Gasteiger partial charge in [-0.1, -0.05) is 30.3 Å². The van der Waals surface area contributed by atoms with Gasteiger partial charge in [0.25, 0.3) is 5.91 Å². The Bertz CT molecular complexity index is 900. The van der Waals surface area contributed by atoms with E-state index in [9.17, 15) is 18.3 Å². The van der Waals surface area contributed by atoms with E-state index in [-0.39, 0.29) is 23.4 Å². The molecule has 150 valence electrons. The molecule has 3 N–H and O–H groups in total. The molecule has 1 aliphatic rings. The summed E-state index contributed by atoms with van der Waals surface area (Å²) in [7, 11) is -3.21. The Hall–Kier alpha value is -2.26. The first-order valence-corrected chi connectivity index (χ1v) is 10.9.